The summed E-state index contributed by atoms with van der Waals surface area (Å²) in [6, 6.07) is 7.57. The molecule has 0 atom stereocenters. The van der Waals surface area contributed by atoms with E-state index in [4.69, 9.17) is 0 Å². The molecule has 0 aliphatic heterocycles. The highest BCUT2D eigenvalue weighted by Crippen LogP contribution is 2.17. The van der Waals surface area contributed by atoms with Crippen LogP contribution in [0.15, 0.2) is 24.3 Å². The molecule has 1 saturated carbocycles. The quantitative estimate of drug-likeness (QED) is 0.792. The van der Waals surface area contributed by atoms with Crippen LogP contribution < -0.4 is 10.2 Å². The van der Waals surface area contributed by atoms with Crippen molar-refractivity contribution < 1.29 is 4.39 Å². The smallest absolute Gasteiger partial charge is 0.125 e. The number of likely N-dealkylation sites (N-methyl/N-ethyl adjacent to an activating group) is 1. The fourth-order valence-corrected chi connectivity index (χ4v) is 3.03. The lowest BCUT2D eigenvalue weighted by Gasteiger charge is -2.25. The molecular formula is C17H27FN2. The van der Waals surface area contributed by atoms with E-state index in [1.165, 1.54) is 44.6 Å². The van der Waals surface area contributed by atoms with Crippen LogP contribution in [0.25, 0.3) is 0 Å². The van der Waals surface area contributed by atoms with Crippen LogP contribution >= 0.6 is 0 Å². The van der Waals surface area contributed by atoms with Crippen LogP contribution in [0.4, 0.5) is 10.1 Å². The molecular weight excluding hydrogens is 251 g/mol. The van der Waals surface area contributed by atoms with Crippen molar-refractivity contribution in [2.75, 3.05) is 24.5 Å². The second kappa shape index (κ2) is 8.25. The Hall–Kier alpha value is -1.09. The molecule has 1 N–H and O–H groups in total. The molecule has 0 bridgehead atoms. The van der Waals surface area contributed by atoms with Crippen molar-refractivity contribution in [3.63, 3.8) is 0 Å². The zero-order valence-electron chi connectivity index (χ0n) is 12.6. The molecule has 0 unspecified atom stereocenters. The Balaban J connectivity index is 1.78. The van der Waals surface area contributed by atoms with E-state index in [1.807, 2.05) is 6.07 Å². The summed E-state index contributed by atoms with van der Waals surface area (Å²) in [5.74, 6) is -0.155. The first kappa shape index (κ1) is 15.3. The van der Waals surface area contributed by atoms with Gasteiger partial charge in [0, 0.05) is 31.4 Å². The van der Waals surface area contributed by atoms with E-state index in [0.29, 0.717) is 6.04 Å². The third kappa shape index (κ3) is 4.78. The molecule has 112 valence electrons. The highest BCUT2D eigenvalue weighted by molar-refractivity contribution is 5.46. The van der Waals surface area contributed by atoms with Crippen LogP contribution in [0.1, 0.15) is 45.4 Å². The molecule has 0 heterocycles. The third-order valence-electron chi connectivity index (χ3n) is 4.22. The molecule has 2 nitrogen and oxygen atoms in total. The summed E-state index contributed by atoms with van der Waals surface area (Å²) < 4.78 is 13.3. The Kier molecular flexibility index (Phi) is 6.31. The monoisotopic (exact) mass is 278 g/mol. The zero-order chi connectivity index (χ0) is 14.2. The van der Waals surface area contributed by atoms with Crippen molar-refractivity contribution >= 4 is 5.69 Å². The molecule has 0 radical (unpaired) electrons. The van der Waals surface area contributed by atoms with Crippen LogP contribution in [-0.2, 0) is 0 Å². The maximum absolute atomic E-state index is 13.3. The summed E-state index contributed by atoms with van der Waals surface area (Å²) in [6.45, 7) is 4.96. The summed E-state index contributed by atoms with van der Waals surface area (Å²) in [4.78, 5) is 2.23. The largest absolute Gasteiger partial charge is 0.370 e. The molecule has 0 amide bonds. The highest BCUT2D eigenvalue weighted by Gasteiger charge is 2.12. The predicted molar refractivity (Wildman–Crippen MR) is 83.8 cm³/mol. The van der Waals surface area contributed by atoms with Crippen molar-refractivity contribution in [1.29, 1.82) is 0 Å². The summed E-state index contributed by atoms with van der Waals surface area (Å²) in [5, 5.41) is 3.68. The number of halogens is 1. The van der Waals surface area contributed by atoms with E-state index in [-0.39, 0.29) is 5.82 Å². The lowest BCUT2D eigenvalue weighted by molar-refractivity contribution is 0.462. The molecule has 0 saturated heterocycles. The van der Waals surface area contributed by atoms with Gasteiger partial charge in [0.05, 0.1) is 0 Å². The minimum absolute atomic E-state index is 0.155. The summed E-state index contributed by atoms with van der Waals surface area (Å²) >= 11 is 0. The zero-order valence-corrected chi connectivity index (χ0v) is 12.6. The fraction of sp³-hybridized carbons (Fsp3) is 0.647. The van der Waals surface area contributed by atoms with Crippen molar-refractivity contribution in [2.24, 2.45) is 0 Å². The molecule has 2 rings (SSSR count). The molecule has 1 aliphatic rings. The Morgan fingerprint density at radius 1 is 1.20 bits per heavy atom. The van der Waals surface area contributed by atoms with Gasteiger partial charge in [-0.2, -0.15) is 0 Å². The minimum atomic E-state index is -0.155. The SMILES string of the molecule is CCN(CCNC1CCCCCC1)c1cccc(F)c1. The molecule has 0 spiro atoms. The van der Waals surface area contributed by atoms with Crippen molar-refractivity contribution in [1.82, 2.24) is 5.32 Å². The van der Waals surface area contributed by atoms with Crippen molar-refractivity contribution in [3.8, 4) is 0 Å². The molecule has 1 aromatic rings. The van der Waals surface area contributed by atoms with Gasteiger partial charge < -0.3 is 10.2 Å². The lowest BCUT2D eigenvalue weighted by atomic mass is 10.1. The van der Waals surface area contributed by atoms with Crippen LogP contribution in [-0.4, -0.2) is 25.7 Å². The van der Waals surface area contributed by atoms with E-state index in [2.05, 4.69) is 17.1 Å². The first-order valence-corrected chi connectivity index (χ1v) is 8.03. The Morgan fingerprint density at radius 3 is 2.60 bits per heavy atom. The maximum Gasteiger partial charge on any atom is 0.125 e. The molecule has 1 fully saturated rings. The average molecular weight is 278 g/mol. The lowest BCUT2D eigenvalue weighted by Crippen LogP contribution is -2.37. The van der Waals surface area contributed by atoms with Crippen molar-refractivity contribution in [2.45, 2.75) is 51.5 Å². The molecule has 20 heavy (non-hydrogen) atoms. The summed E-state index contributed by atoms with van der Waals surface area (Å²) in [6.07, 6.45) is 8.13. The minimum Gasteiger partial charge on any atom is -0.370 e. The van der Waals surface area contributed by atoms with E-state index in [9.17, 15) is 4.39 Å². The molecule has 1 aliphatic carbocycles. The normalized spacial score (nSPS) is 16.9. The van der Waals surface area contributed by atoms with Gasteiger partial charge in [-0.3, -0.25) is 0 Å². The van der Waals surface area contributed by atoms with Gasteiger partial charge in [-0.15, -0.1) is 0 Å². The van der Waals surface area contributed by atoms with Gasteiger partial charge in [0.1, 0.15) is 5.82 Å². The number of rotatable bonds is 6. The molecule has 0 aromatic heterocycles. The van der Waals surface area contributed by atoms with E-state index in [0.717, 1.165) is 25.3 Å². The van der Waals surface area contributed by atoms with Gasteiger partial charge in [0.25, 0.3) is 0 Å². The predicted octanol–water partition coefficient (Wildman–Crippen LogP) is 3.96. The summed E-state index contributed by atoms with van der Waals surface area (Å²) in [5.41, 5.74) is 0.982. The van der Waals surface area contributed by atoms with Gasteiger partial charge in [-0.1, -0.05) is 31.7 Å². The average Bonchev–Trinajstić information content (AvgIpc) is 2.72. The topological polar surface area (TPSA) is 15.3 Å². The van der Waals surface area contributed by atoms with Crippen LogP contribution in [0.2, 0.25) is 0 Å². The Labute approximate surface area is 122 Å². The number of benzene rings is 1. The number of nitrogens with one attached hydrogen (secondary N) is 1. The van der Waals surface area contributed by atoms with E-state index < -0.39 is 0 Å². The van der Waals surface area contributed by atoms with E-state index >= 15 is 0 Å². The van der Waals surface area contributed by atoms with Gasteiger partial charge >= 0.3 is 0 Å². The van der Waals surface area contributed by atoms with Crippen LogP contribution in [0, 0.1) is 5.82 Å². The number of hydrogen-bond donors (Lipinski definition) is 1. The maximum atomic E-state index is 13.3. The number of hydrogen-bond acceptors (Lipinski definition) is 2. The molecule has 1 aromatic carbocycles. The first-order valence-electron chi connectivity index (χ1n) is 8.03. The van der Waals surface area contributed by atoms with Gasteiger partial charge in [-0.05, 0) is 38.0 Å². The van der Waals surface area contributed by atoms with Gasteiger partial charge in [-0.25, -0.2) is 4.39 Å². The van der Waals surface area contributed by atoms with E-state index in [1.54, 1.807) is 12.1 Å². The number of nitrogens with zero attached hydrogens (tertiary/aromatic N) is 1. The highest BCUT2D eigenvalue weighted by atomic mass is 19.1. The van der Waals surface area contributed by atoms with Crippen LogP contribution in [0.5, 0.6) is 0 Å². The van der Waals surface area contributed by atoms with Crippen LogP contribution in [0.3, 0.4) is 0 Å². The second-order valence-corrected chi connectivity index (χ2v) is 5.70. The Bertz CT molecular complexity index is 386. The third-order valence-corrected chi connectivity index (χ3v) is 4.22. The summed E-state index contributed by atoms with van der Waals surface area (Å²) in [7, 11) is 0. The number of anilines is 1. The standard InChI is InChI=1S/C17H27FN2/c1-2-20(17-11-7-8-15(18)14-17)13-12-19-16-9-5-3-4-6-10-16/h7-8,11,14,16,19H,2-6,9-10,12-13H2,1H3. The van der Waals surface area contributed by atoms with Gasteiger partial charge in [0.2, 0.25) is 0 Å². The Morgan fingerprint density at radius 2 is 1.95 bits per heavy atom. The fourth-order valence-electron chi connectivity index (χ4n) is 3.03. The first-order chi connectivity index (χ1) is 9.79. The molecule has 3 heteroatoms. The van der Waals surface area contributed by atoms with Crippen molar-refractivity contribution in [3.05, 3.63) is 30.1 Å². The second-order valence-electron chi connectivity index (χ2n) is 5.70. The van der Waals surface area contributed by atoms with Gasteiger partial charge in [0.15, 0.2) is 0 Å².